The molecule has 0 saturated carbocycles. The molecular formula is C40H57F6N9O16. The molecule has 0 spiro atoms. The van der Waals surface area contributed by atoms with Gasteiger partial charge in [-0.05, 0) is 38.5 Å². The van der Waals surface area contributed by atoms with Crippen molar-refractivity contribution in [3.8, 4) is 0 Å². The fourth-order valence-corrected chi connectivity index (χ4v) is 6.78. The number of aromatic nitrogens is 5. The molecule has 0 aliphatic carbocycles. The summed E-state index contributed by atoms with van der Waals surface area (Å²) in [4.78, 5) is 59.9. The zero-order valence-corrected chi connectivity index (χ0v) is 38.1. The molecule has 0 saturated heterocycles. The number of nitrogens with two attached hydrogens (primary N) is 1. The second-order valence-electron chi connectivity index (χ2n) is 15.5. The van der Waals surface area contributed by atoms with Gasteiger partial charge < -0.3 is 81.7 Å². The van der Waals surface area contributed by atoms with E-state index in [-0.39, 0.29) is 43.6 Å². The van der Waals surface area contributed by atoms with Crippen molar-refractivity contribution in [1.82, 2.24) is 29.3 Å². The number of aromatic amines is 1. The zero-order valence-electron chi connectivity index (χ0n) is 38.1. The van der Waals surface area contributed by atoms with Gasteiger partial charge in [0.05, 0.1) is 38.5 Å². The minimum Gasteiger partial charge on any atom is -0.542 e. The average molecular weight is 1030 g/mol. The van der Waals surface area contributed by atoms with Gasteiger partial charge in [-0.15, -0.1) is 0 Å². The molecule has 0 unspecified atom stereocenters. The van der Waals surface area contributed by atoms with Crippen LogP contribution in [0.15, 0.2) is 30.5 Å². The number of anilines is 2. The standard InChI is InChI=1S/C36H56N9O12.2C2HF3O2/c1-4-44-22-8-7-20(13-23(22)45(5-2)28(44)16-43(19-48)35-33(37)40-34-21(39-35)9-10-38-34)36(57)41(3)11-6-12-42(14-24(49)29(53)31(55)26(51)17-46)15-25(50)30(54)32(56)27(52)18-47;2*3-2(4,5)1(6)7/h7-10,13,19,24-27,29-32,46-47,49-56H,4-6,11-12,14-18H2,1-3H3,(H3,37,38,40);2*(H,6,7)/q+1;;/p-1/t24-,25-,26+,27+,29+,30+,31+,32+;;/m0../s1. The Bertz CT molecular complexity index is 2300. The third-order valence-corrected chi connectivity index (χ3v) is 10.5. The van der Waals surface area contributed by atoms with Crippen LogP contribution in [0.3, 0.4) is 0 Å². The number of benzene rings is 1. The monoisotopic (exact) mass is 1030 g/mol. The lowest BCUT2D eigenvalue weighted by Gasteiger charge is -2.33. The third kappa shape index (κ3) is 16.9. The number of carboxylic acids is 2. The Kier molecular flexibility index (Phi) is 23.4. The van der Waals surface area contributed by atoms with E-state index in [1.54, 1.807) is 31.4 Å². The summed E-state index contributed by atoms with van der Waals surface area (Å²) in [6.07, 6.45) is -22.4. The van der Waals surface area contributed by atoms with Crippen molar-refractivity contribution >= 4 is 58.1 Å². The van der Waals surface area contributed by atoms with E-state index in [0.29, 0.717) is 36.2 Å². The molecule has 2 amide bonds. The first-order valence-electron chi connectivity index (χ1n) is 21.1. The van der Waals surface area contributed by atoms with E-state index in [0.717, 1.165) is 16.9 Å². The van der Waals surface area contributed by atoms with E-state index in [4.69, 9.17) is 35.7 Å². The Labute approximate surface area is 398 Å². The Morgan fingerprint density at radius 2 is 1.35 bits per heavy atom. The number of carbonyl (C=O) groups is 4. The highest BCUT2D eigenvalue weighted by Crippen LogP contribution is 2.25. The van der Waals surface area contributed by atoms with Crippen molar-refractivity contribution in [2.45, 2.75) is 101 Å². The molecule has 4 aromatic rings. The van der Waals surface area contributed by atoms with Gasteiger partial charge in [-0.25, -0.2) is 23.9 Å². The smallest absolute Gasteiger partial charge is 0.490 e. The van der Waals surface area contributed by atoms with Crippen molar-refractivity contribution in [2.24, 2.45) is 0 Å². The molecule has 0 aliphatic heterocycles. The molecule has 1 aromatic carbocycles. The molecular weight excluding hydrogens is 976 g/mol. The number of fused-ring (bicyclic) bond motifs is 2. The predicted octanol–water partition coefficient (Wildman–Crippen LogP) is -4.45. The predicted molar refractivity (Wildman–Crippen MR) is 229 cm³/mol. The highest BCUT2D eigenvalue weighted by Gasteiger charge is 2.38. The maximum Gasteiger partial charge on any atom is 0.490 e. The fraction of sp³-hybridized carbons (Fsp3) is 0.575. The highest BCUT2D eigenvalue weighted by atomic mass is 19.4. The van der Waals surface area contributed by atoms with E-state index in [2.05, 4.69) is 15.0 Å². The van der Waals surface area contributed by atoms with Gasteiger partial charge >= 0.3 is 18.3 Å². The van der Waals surface area contributed by atoms with Crippen LogP contribution in [-0.2, 0) is 34.0 Å². The lowest BCUT2D eigenvalue weighted by atomic mass is 10.0. The number of H-pyrrole nitrogens is 1. The Hall–Kier alpha value is -5.87. The number of nitrogens with one attached hydrogen (secondary N) is 1. The van der Waals surface area contributed by atoms with Crippen LogP contribution in [0.2, 0.25) is 0 Å². The largest absolute Gasteiger partial charge is 0.542 e. The molecule has 0 fully saturated rings. The summed E-state index contributed by atoms with van der Waals surface area (Å²) in [6, 6.07) is 7.01. The van der Waals surface area contributed by atoms with Crippen molar-refractivity contribution in [3.63, 3.8) is 0 Å². The molecule has 8 atom stereocenters. The quantitative estimate of drug-likeness (QED) is 0.0189. The summed E-state index contributed by atoms with van der Waals surface area (Å²) in [5, 5.41) is 116. The topological polar surface area (TPSA) is 400 Å². The summed E-state index contributed by atoms with van der Waals surface area (Å²) in [5.74, 6) is -5.06. The first kappa shape index (κ1) is 61.3. The van der Waals surface area contributed by atoms with Crippen LogP contribution in [0.1, 0.15) is 36.5 Å². The van der Waals surface area contributed by atoms with Crippen LogP contribution in [0.4, 0.5) is 38.0 Å². The SMILES string of the molecule is CCn1c(CN(C=O)c2nc3cc[nH]c3nc2N)[n+](CC)c2ccc(C(=O)N(C)CCCN(C[C@H](O)[C@@H](O)[C@H](O)[C@H](O)CO)C[C@H](O)[C@@H](O)[C@H](O)[C@H](O)CO)cc21.O=C(O)C(F)(F)F.O=C([O-])C(F)(F)F. The van der Waals surface area contributed by atoms with Gasteiger partial charge in [-0.1, -0.05) is 0 Å². The Morgan fingerprint density at radius 3 is 1.79 bits per heavy atom. The summed E-state index contributed by atoms with van der Waals surface area (Å²) >= 11 is 0. The van der Waals surface area contributed by atoms with Gasteiger partial charge in [0.2, 0.25) is 6.41 Å². The fourth-order valence-electron chi connectivity index (χ4n) is 6.78. The van der Waals surface area contributed by atoms with Crippen LogP contribution in [0.5, 0.6) is 0 Å². The summed E-state index contributed by atoms with van der Waals surface area (Å²) < 4.78 is 67.3. The number of nitrogens with zero attached hydrogens (tertiary/aromatic N) is 7. The Morgan fingerprint density at radius 1 is 0.845 bits per heavy atom. The molecule has 4 rings (SSSR count). The maximum atomic E-state index is 13.7. The first-order chi connectivity index (χ1) is 33.0. The molecule has 3 heterocycles. The molecule has 400 valence electrons. The number of aliphatic hydroxyl groups excluding tert-OH is 10. The number of nitrogen functional groups attached to an aromatic ring is 1. The minimum absolute atomic E-state index is 0.0409. The highest BCUT2D eigenvalue weighted by molar-refractivity contribution is 5.97. The molecule has 31 heteroatoms. The third-order valence-electron chi connectivity index (χ3n) is 10.5. The zero-order chi connectivity index (χ0) is 54.3. The summed E-state index contributed by atoms with van der Waals surface area (Å²) in [5.41, 5.74) is 9.17. The lowest BCUT2D eigenvalue weighted by Crippen LogP contribution is -2.53. The number of carbonyl (C=O) groups excluding carboxylic acids is 3. The number of amides is 2. The van der Waals surface area contributed by atoms with Gasteiger partial charge in [-0.2, -0.15) is 26.3 Å². The number of hydrogen-bond acceptors (Lipinski definition) is 19. The number of aliphatic hydroxyl groups is 10. The van der Waals surface area contributed by atoms with Gasteiger partial charge in [0, 0.05) is 51.1 Å². The van der Waals surface area contributed by atoms with Crippen molar-refractivity contribution < 1.29 is 111 Å². The van der Waals surface area contributed by atoms with Crippen molar-refractivity contribution in [2.75, 3.05) is 57.1 Å². The molecule has 0 radical (unpaired) electrons. The number of rotatable bonds is 23. The molecule has 0 bridgehead atoms. The minimum atomic E-state index is -5.19. The number of aliphatic carboxylic acids is 2. The van der Waals surface area contributed by atoms with Crippen LogP contribution in [0.25, 0.3) is 22.2 Å². The first-order valence-corrected chi connectivity index (χ1v) is 21.1. The van der Waals surface area contributed by atoms with E-state index < -0.39 is 99.4 Å². The van der Waals surface area contributed by atoms with E-state index >= 15 is 0 Å². The second kappa shape index (κ2) is 27.1. The van der Waals surface area contributed by atoms with Crippen LogP contribution < -0.4 is 20.3 Å². The van der Waals surface area contributed by atoms with Crippen molar-refractivity contribution in [3.05, 3.63) is 41.9 Å². The van der Waals surface area contributed by atoms with Crippen LogP contribution in [-0.4, -0.2) is 217 Å². The number of carboxylic acid groups (broad SMARTS) is 2. The Balaban J connectivity index is 0.00000107. The molecule has 0 aliphatic rings. The summed E-state index contributed by atoms with van der Waals surface area (Å²) in [6.45, 7) is 2.61. The number of halogens is 6. The van der Waals surface area contributed by atoms with Gasteiger partial charge in [0.25, 0.3) is 11.7 Å². The van der Waals surface area contributed by atoms with Gasteiger partial charge in [0.1, 0.15) is 54.7 Å². The van der Waals surface area contributed by atoms with Gasteiger partial charge in [0.15, 0.2) is 28.3 Å². The number of alkyl halides is 6. The number of hydrogen-bond donors (Lipinski definition) is 13. The number of aryl methyl sites for hydroxylation is 2. The molecule has 14 N–H and O–H groups in total. The molecule has 71 heavy (non-hydrogen) atoms. The van der Waals surface area contributed by atoms with E-state index in [1.165, 1.54) is 14.7 Å². The van der Waals surface area contributed by atoms with Crippen LogP contribution >= 0.6 is 0 Å². The van der Waals surface area contributed by atoms with E-state index in [9.17, 15) is 76.8 Å². The average Bonchev–Trinajstić information content (AvgIpc) is 3.90. The second-order valence-corrected chi connectivity index (χ2v) is 15.5. The number of imidazole rings is 1. The molecule has 25 nitrogen and oxygen atoms in total. The lowest BCUT2D eigenvalue weighted by molar-refractivity contribution is -0.676. The summed E-state index contributed by atoms with van der Waals surface area (Å²) in [7, 11) is 1.58. The van der Waals surface area contributed by atoms with Gasteiger partial charge in [-0.3, -0.25) is 19.4 Å². The maximum absolute atomic E-state index is 13.7. The van der Waals surface area contributed by atoms with Crippen molar-refractivity contribution in [1.29, 1.82) is 0 Å². The van der Waals surface area contributed by atoms with Crippen LogP contribution in [0, 0.1) is 0 Å². The molecule has 3 aromatic heterocycles. The normalized spacial score (nSPS) is 15.3. The van der Waals surface area contributed by atoms with E-state index in [1.807, 2.05) is 29.0 Å².